The number of aldehydes is 1. The molecule has 0 heterocycles. The van der Waals surface area contributed by atoms with Crippen molar-refractivity contribution < 1.29 is 14.8 Å². The number of hydroxylamine groups is 2. The summed E-state index contributed by atoms with van der Waals surface area (Å²) < 4.78 is 0. The molecule has 0 aliphatic rings. The summed E-state index contributed by atoms with van der Waals surface area (Å²) in [6.45, 7) is 2.04. The number of amides is 1. The Hall–Kier alpha value is -0.900. The molecule has 0 spiro atoms. The Kier molecular flexibility index (Phi) is 5.37. The molecule has 0 aromatic heterocycles. The van der Waals surface area contributed by atoms with E-state index in [1.807, 2.05) is 6.92 Å². The fraction of sp³-hybridized carbons (Fsp3) is 0.714. The van der Waals surface area contributed by atoms with Crippen LogP contribution in [-0.4, -0.2) is 29.5 Å². The van der Waals surface area contributed by atoms with E-state index >= 15 is 0 Å². The Morgan fingerprint density at radius 3 is 2.55 bits per heavy atom. The van der Waals surface area contributed by atoms with E-state index in [1.165, 1.54) is 0 Å². The van der Waals surface area contributed by atoms with Crippen LogP contribution in [0.3, 0.4) is 0 Å². The molecule has 0 aromatic carbocycles. The number of carbonyl (C=O) groups is 2. The molecule has 64 valence electrons. The lowest BCUT2D eigenvalue weighted by molar-refractivity contribution is -0.153. The molecule has 4 nitrogen and oxygen atoms in total. The number of hydrogen-bond acceptors (Lipinski definition) is 3. The van der Waals surface area contributed by atoms with E-state index in [0.29, 0.717) is 17.9 Å². The molecule has 4 heteroatoms. The lowest BCUT2D eigenvalue weighted by Gasteiger charge is -2.12. The van der Waals surface area contributed by atoms with Crippen LogP contribution < -0.4 is 0 Å². The minimum absolute atomic E-state index is 0.0981. The summed E-state index contributed by atoms with van der Waals surface area (Å²) >= 11 is 0. The van der Waals surface area contributed by atoms with Gasteiger partial charge in [-0.15, -0.1) is 0 Å². The molecule has 1 unspecified atom stereocenters. The first-order valence-electron chi connectivity index (χ1n) is 3.60. The van der Waals surface area contributed by atoms with Crippen LogP contribution in [0.4, 0.5) is 0 Å². The largest absolute Gasteiger partial charge is 0.303 e. The summed E-state index contributed by atoms with van der Waals surface area (Å²) in [5.74, 6) is -0.241. The highest BCUT2D eigenvalue weighted by Gasteiger charge is 2.08. The summed E-state index contributed by atoms with van der Waals surface area (Å²) in [6.07, 6.45) is 2.63. The molecule has 0 bridgehead atoms. The summed E-state index contributed by atoms with van der Waals surface area (Å²) in [7, 11) is 0. The van der Waals surface area contributed by atoms with Gasteiger partial charge in [0, 0.05) is 5.92 Å². The van der Waals surface area contributed by atoms with Crippen molar-refractivity contribution in [3.8, 4) is 0 Å². The van der Waals surface area contributed by atoms with E-state index in [0.717, 1.165) is 12.7 Å². The van der Waals surface area contributed by atoms with Gasteiger partial charge in [0.05, 0.1) is 6.54 Å². The van der Waals surface area contributed by atoms with Crippen LogP contribution in [-0.2, 0) is 9.59 Å². The highest BCUT2D eigenvalue weighted by molar-refractivity contribution is 5.55. The lowest BCUT2D eigenvalue weighted by atomic mass is 10.1. The van der Waals surface area contributed by atoms with Crippen molar-refractivity contribution in [2.24, 2.45) is 5.92 Å². The van der Waals surface area contributed by atoms with Crippen LogP contribution in [0, 0.1) is 5.92 Å². The van der Waals surface area contributed by atoms with E-state index < -0.39 is 0 Å². The number of nitrogens with zero attached hydrogens (tertiary/aromatic N) is 1. The minimum atomic E-state index is -0.241. The number of rotatable bonds is 6. The molecule has 0 saturated heterocycles. The predicted molar refractivity (Wildman–Crippen MR) is 39.0 cm³/mol. The second-order valence-electron chi connectivity index (χ2n) is 2.41. The molecule has 0 saturated carbocycles. The predicted octanol–water partition coefficient (Wildman–Crippen LogP) is 0.449. The number of hydrogen-bond donors (Lipinski definition) is 1. The minimum Gasteiger partial charge on any atom is -0.303 e. The van der Waals surface area contributed by atoms with E-state index in [-0.39, 0.29) is 12.5 Å². The normalized spacial score (nSPS) is 12.2. The fourth-order valence-electron chi connectivity index (χ4n) is 0.856. The standard InChI is InChI=1S/C7H13NO3/c1-2-3-7(5-9)4-8(11)6-10/h5-7,11H,2-4H2,1H3. The maximum Gasteiger partial charge on any atom is 0.233 e. The van der Waals surface area contributed by atoms with Gasteiger partial charge in [-0.3, -0.25) is 10.0 Å². The quantitative estimate of drug-likeness (QED) is 0.348. The molecule has 1 atom stereocenters. The van der Waals surface area contributed by atoms with Gasteiger partial charge in [-0.05, 0) is 6.42 Å². The molecule has 0 aromatic rings. The van der Waals surface area contributed by atoms with Crippen molar-refractivity contribution in [2.75, 3.05) is 6.54 Å². The maximum absolute atomic E-state index is 10.3. The molecule has 0 aliphatic heterocycles. The first-order valence-corrected chi connectivity index (χ1v) is 3.60. The second-order valence-corrected chi connectivity index (χ2v) is 2.41. The van der Waals surface area contributed by atoms with Gasteiger partial charge in [0.15, 0.2) is 0 Å². The first kappa shape index (κ1) is 10.1. The van der Waals surface area contributed by atoms with Crippen molar-refractivity contribution in [1.82, 2.24) is 5.06 Å². The Bertz CT molecular complexity index is 127. The third kappa shape index (κ3) is 4.50. The average molecular weight is 159 g/mol. The van der Waals surface area contributed by atoms with Gasteiger partial charge in [-0.1, -0.05) is 13.3 Å². The molecular weight excluding hydrogens is 146 g/mol. The van der Waals surface area contributed by atoms with Gasteiger partial charge in [0.2, 0.25) is 6.41 Å². The van der Waals surface area contributed by atoms with E-state index in [4.69, 9.17) is 5.21 Å². The average Bonchev–Trinajstić information content (AvgIpc) is 2.03. The zero-order valence-corrected chi connectivity index (χ0v) is 6.56. The van der Waals surface area contributed by atoms with Crippen molar-refractivity contribution in [3.63, 3.8) is 0 Å². The monoisotopic (exact) mass is 159 g/mol. The van der Waals surface area contributed by atoms with Crippen molar-refractivity contribution in [1.29, 1.82) is 0 Å². The van der Waals surface area contributed by atoms with Crippen LogP contribution in [0.2, 0.25) is 0 Å². The molecule has 0 radical (unpaired) electrons. The third-order valence-corrected chi connectivity index (χ3v) is 1.40. The lowest BCUT2D eigenvalue weighted by Crippen LogP contribution is -2.25. The topological polar surface area (TPSA) is 57.6 Å². The highest BCUT2D eigenvalue weighted by atomic mass is 16.5. The summed E-state index contributed by atoms with van der Waals surface area (Å²) in [4.78, 5) is 20.2. The smallest absolute Gasteiger partial charge is 0.233 e. The van der Waals surface area contributed by atoms with Crippen LogP contribution in [0.15, 0.2) is 0 Å². The Morgan fingerprint density at radius 1 is 1.55 bits per heavy atom. The zero-order chi connectivity index (χ0) is 8.69. The molecule has 0 fully saturated rings. The van der Waals surface area contributed by atoms with E-state index in [1.54, 1.807) is 0 Å². The SMILES string of the molecule is CCCC(C=O)CN(O)C=O. The third-order valence-electron chi connectivity index (χ3n) is 1.40. The molecule has 11 heavy (non-hydrogen) atoms. The van der Waals surface area contributed by atoms with Crippen molar-refractivity contribution >= 4 is 12.7 Å². The number of carbonyl (C=O) groups excluding carboxylic acids is 2. The van der Waals surface area contributed by atoms with Gasteiger partial charge in [-0.2, -0.15) is 0 Å². The van der Waals surface area contributed by atoms with Gasteiger partial charge >= 0.3 is 0 Å². The van der Waals surface area contributed by atoms with Crippen LogP contribution >= 0.6 is 0 Å². The Balaban J connectivity index is 3.66. The highest BCUT2D eigenvalue weighted by Crippen LogP contribution is 2.03. The van der Waals surface area contributed by atoms with E-state index in [2.05, 4.69) is 0 Å². The fourth-order valence-corrected chi connectivity index (χ4v) is 0.856. The molecule has 1 amide bonds. The molecular formula is C7H13NO3. The van der Waals surface area contributed by atoms with Crippen molar-refractivity contribution in [2.45, 2.75) is 19.8 Å². The van der Waals surface area contributed by atoms with E-state index in [9.17, 15) is 9.59 Å². The maximum atomic E-state index is 10.3. The van der Waals surface area contributed by atoms with Gasteiger partial charge in [0.25, 0.3) is 0 Å². The van der Waals surface area contributed by atoms with Crippen LogP contribution in [0.1, 0.15) is 19.8 Å². The molecule has 0 rings (SSSR count). The summed E-state index contributed by atoms with van der Waals surface area (Å²) in [5.41, 5.74) is 0. The van der Waals surface area contributed by atoms with Crippen LogP contribution in [0.25, 0.3) is 0 Å². The van der Waals surface area contributed by atoms with Crippen LogP contribution in [0.5, 0.6) is 0 Å². The van der Waals surface area contributed by atoms with Gasteiger partial charge in [-0.25, -0.2) is 5.06 Å². The van der Waals surface area contributed by atoms with Crippen molar-refractivity contribution in [3.05, 3.63) is 0 Å². The van der Waals surface area contributed by atoms with Gasteiger partial charge in [0.1, 0.15) is 6.29 Å². The molecule has 1 N–H and O–H groups in total. The zero-order valence-electron chi connectivity index (χ0n) is 6.56. The Labute approximate surface area is 65.8 Å². The summed E-state index contributed by atoms with van der Waals surface area (Å²) in [5, 5.41) is 9.19. The summed E-state index contributed by atoms with van der Waals surface area (Å²) in [6, 6.07) is 0. The second kappa shape index (κ2) is 5.85. The molecule has 0 aliphatic carbocycles. The first-order chi connectivity index (χ1) is 5.24. The van der Waals surface area contributed by atoms with Gasteiger partial charge < -0.3 is 4.79 Å². The Morgan fingerprint density at radius 2 is 2.18 bits per heavy atom.